The number of carbonyl (C=O) groups excluding carboxylic acids is 1. The quantitative estimate of drug-likeness (QED) is 0.712. The highest BCUT2D eigenvalue weighted by Gasteiger charge is 2.57. The molecule has 0 aromatic heterocycles. The largest absolute Gasteiger partial charge is 0.353 e. The van der Waals surface area contributed by atoms with Gasteiger partial charge in [0.15, 0.2) is 0 Å². The molecule has 0 spiro atoms. The smallest absolute Gasteiger partial charge is 0.220 e. The minimum atomic E-state index is 0.315. The van der Waals surface area contributed by atoms with Crippen LogP contribution in [0.2, 0.25) is 0 Å². The van der Waals surface area contributed by atoms with Gasteiger partial charge in [-0.2, -0.15) is 0 Å². The topological polar surface area (TPSA) is 29.1 Å². The Morgan fingerprint density at radius 2 is 1.82 bits per heavy atom. The SMILES string of the molecule is CC1CCCCC1NC(=O)CC12CC3CC(CC(Br)(C3)C1)C2. The lowest BCUT2D eigenvalue weighted by Gasteiger charge is -2.60. The van der Waals surface area contributed by atoms with Gasteiger partial charge in [0.2, 0.25) is 5.91 Å². The van der Waals surface area contributed by atoms with Gasteiger partial charge in [0.05, 0.1) is 0 Å². The van der Waals surface area contributed by atoms with E-state index < -0.39 is 0 Å². The van der Waals surface area contributed by atoms with Crippen LogP contribution in [0.15, 0.2) is 0 Å². The molecule has 0 radical (unpaired) electrons. The van der Waals surface area contributed by atoms with Gasteiger partial charge in [-0.15, -0.1) is 0 Å². The third kappa shape index (κ3) is 2.87. The summed E-state index contributed by atoms with van der Waals surface area (Å²) in [5.74, 6) is 2.76. The second kappa shape index (κ2) is 5.50. The summed E-state index contributed by atoms with van der Waals surface area (Å²) >= 11 is 4.06. The van der Waals surface area contributed by atoms with Gasteiger partial charge in [-0.1, -0.05) is 35.7 Å². The van der Waals surface area contributed by atoms with Crippen molar-refractivity contribution in [3.8, 4) is 0 Å². The zero-order valence-electron chi connectivity index (χ0n) is 13.9. The number of hydrogen-bond acceptors (Lipinski definition) is 1. The number of nitrogens with one attached hydrogen (secondary N) is 1. The molecule has 0 aromatic carbocycles. The number of alkyl halides is 1. The lowest BCUT2D eigenvalue weighted by Crippen LogP contribution is -2.54. The van der Waals surface area contributed by atoms with Crippen molar-refractivity contribution in [3.05, 3.63) is 0 Å². The molecule has 5 aliphatic carbocycles. The molecule has 5 aliphatic rings. The fraction of sp³-hybridized carbons (Fsp3) is 0.947. The minimum Gasteiger partial charge on any atom is -0.353 e. The van der Waals surface area contributed by atoms with Crippen LogP contribution in [0.3, 0.4) is 0 Å². The molecule has 22 heavy (non-hydrogen) atoms. The van der Waals surface area contributed by atoms with Crippen molar-refractivity contribution in [2.24, 2.45) is 23.2 Å². The van der Waals surface area contributed by atoms with E-state index >= 15 is 0 Å². The van der Waals surface area contributed by atoms with Crippen LogP contribution in [0.1, 0.15) is 77.6 Å². The van der Waals surface area contributed by atoms with E-state index in [0.717, 1.165) is 18.3 Å². The molecule has 4 atom stereocenters. The van der Waals surface area contributed by atoms with Gasteiger partial charge in [-0.25, -0.2) is 0 Å². The number of carbonyl (C=O) groups is 1. The Morgan fingerprint density at radius 1 is 1.14 bits per heavy atom. The van der Waals surface area contributed by atoms with Gasteiger partial charge in [0, 0.05) is 16.8 Å². The Balaban J connectivity index is 1.41. The highest BCUT2D eigenvalue weighted by Crippen LogP contribution is 2.65. The predicted octanol–water partition coefficient (Wildman–Crippen LogP) is 4.81. The average molecular weight is 368 g/mol. The minimum absolute atomic E-state index is 0.315. The first-order valence-corrected chi connectivity index (χ1v) is 10.2. The Hall–Kier alpha value is -0.0500. The molecule has 2 nitrogen and oxygen atoms in total. The van der Waals surface area contributed by atoms with Gasteiger partial charge < -0.3 is 5.32 Å². The zero-order valence-corrected chi connectivity index (χ0v) is 15.5. The Labute approximate surface area is 143 Å². The van der Waals surface area contributed by atoms with Crippen molar-refractivity contribution < 1.29 is 4.79 Å². The normalized spacial score (nSPS) is 50.1. The van der Waals surface area contributed by atoms with E-state index in [-0.39, 0.29) is 0 Å². The molecule has 5 fully saturated rings. The van der Waals surface area contributed by atoms with Gasteiger partial charge in [0.1, 0.15) is 0 Å². The molecule has 124 valence electrons. The molecule has 1 amide bonds. The molecule has 4 unspecified atom stereocenters. The first kappa shape index (κ1) is 15.5. The van der Waals surface area contributed by atoms with E-state index in [0.29, 0.717) is 27.6 Å². The molecule has 0 aliphatic heterocycles. The second-order valence-electron chi connectivity index (χ2n) is 9.22. The van der Waals surface area contributed by atoms with Gasteiger partial charge in [-0.3, -0.25) is 4.79 Å². The average Bonchev–Trinajstić information content (AvgIpc) is 2.37. The summed E-state index contributed by atoms with van der Waals surface area (Å²) in [6, 6.07) is 0.438. The van der Waals surface area contributed by atoms with Crippen LogP contribution in [-0.4, -0.2) is 16.3 Å². The Morgan fingerprint density at radius 3 is 2.45 bits per heavy atom. The molecule has 1 N–H and O–H groups in total. The Bertz CT molecular complexity index is 448. The monoisotopic (exact) mass is 367 g/mol. The van der Waals surface area contributed by atoms with E-state index in [9.17, 15) is 4.79 Å². The summed E-state index contributed by atoms with van der Waals surface area (Å²) in [6.45, 7) is 2.31. The van der Waals surface area contributed by atoms with Crippen LogP contribution >= 0.6 is 15.9 Å². The van der Waals surface area contributed by atoms with Gasteiger partial charge >= 0.3 is 0 Å². The molecule has 0 aromatic rings. The number of amides is 1. The second-order valence-corrected chi connectivity index (χ2v) is 10.9. The standard InChI is InChI=1S/C19H30BrNO/c1-13-4-2-3-5-16(13)21-17(22)11-18-7-14-6-15(8-18)10-19(20,9-14)12-18/h13-16H,2-12H2,1H3,(H,21,22). The molecule has 5 saturated carbocycles. The van der Waals surface area contributed by atoms with E-state index in [1.54, 1.807) is 0 Å². The highest BCUT2D eigenvalue weighted by molar-refractivity contribution is 9.10. The van der Waals surface area contributed by atoms with Crippen molar-refractivity contribution >= 4 is 21.8 Å². The van der Waals surface area contributed by atoms with Crippen LogP contribution in [0.4, 0.5) is 0 Å². The molecular formula is C19H30BrNO. The van der Waals surface area contributed by atoms with Crippen LogP contribution in [-0.2, 0) is 4.79 Å². The van der Waals surface area contributed by atoms with E-state index in [1.165, 1.54) is 64.2 Å². The maximum atomic E-state index is 12.7. The molecule has 0 heterocycles. The molecule has 3 heteroatoms. The third-order valence-corrected chi connectivity index (χ3v) is 8.03. The fourth-order valence-electron chi connectivity index (χ4n) is 6.67. The lowest BCUT2D eigenvalue weighted by atomic mass is 9.48. The molecule has 5 rings (SSSR count). The van der Waals surface area contributed by atoms with Gasteiger partial charge in [0.25, 0.3) is 0 Å². The molecule has 0 saturated heterocycles. The summed E-state index contributed by atoms with van der Waals surface area (Å²) < 4.78 is 0.371. The Kier molecular flexibility index (Phi) is 3.87. The van der Waals surface area contributed by atoms with Crippen LogP contribution in [0.5, 0.6) is 0 Å². The number of hydrogen-bond donors (Lipinski definition) is 1. The lowest BCUT2D eigenvalue weighted by molar-refractivity contribution is -0.129. The predicted molar refractivity (Wildman–Crippen MR) is 93.0 cm³/mol. The van der Waals surface area contributed by atoms with E-state index in [2.05, 4.69) is 28.2 Å². The van der Waals surface area contributed by atoms with Crippen molar-refractivity contribution in [1.29, 1.82) is 0 Å². The zero-order chi connectivity index (χ0) is 15.4. The van der Waals surface area contributed by atoms with Crippen LogP contribution in [0, 0.1) is 23.2 Å². The molecule has 4 bridgehead atoms. The van der Waals surface area contributed by atoms with Crippen LogP contribution < -0.4 is 5.32 Å². The van der Waals surface area contributed by atoms with E-state index in [4.69, 9.17) is 0 Å². The maximum Gasteiger partial charge on any atom is 0.220 e. The summed E-state index contributed by atoms with van der Waals surface area (Å²) in [5, 5.41) is 3.40. The number of halogens is 1. The number of rotatable bonds is 3. The summed E-state index contributed by atoms with van der Waals surface area (Å²) in [4.78, 5) is 12.7. The summed E-state index contributed by atoms with van der Waals surface area (Å²) in [5.41, 5.74) is 0.315. The van der Waals surface area contributed by atoms with Crippen molar-refractivity contribution in [1.82, 2.24) is 5.32 Å². The van der Waals surface area contributed by atoms with Gasteiger partial charge in [-0.05, 0) is 74.5 Å². The van der Waals surface area contributed by atoms with E-state index in [1.807, 2.05) is 0 Å². The fourth-order valence-corrected chi connectivity index (χ4v) is 8.18. The molecular weight excluding hydrogens is 338 g/mol. The maximum absolute atomic E-state index is 12.7. The third-order valence-electron chi connectivity index (χ3n) is 7.10. The van der Waals surface area contributed by atoms with Crippen molar-refractivity contribution in [3.63, 3.8) is 0 Å². The highest BCUT2D eigenvalue weighted by atomic mass is 79.9. The van der Waals surface area contributed by atoms with Crippen molar-refractivity contribution in [2.75, 3.05) is 0 Å². The summed E-state index contributed by atoms with van der Waals surface area (Å²) in [6.07, 6.45) is 13.9. The van der Waals surface area contributed by atoms with Crippen molar-refractivity contribution in [2.45, 2.75) is 87.9 Å². The van der Waals surface area contributed by atoms with Crippen LogP contribution in [0.25, 0.3) is 0 Å². The first-order valence-electron chi connectivity index (χ1n) is 9.44. The first-order chi connectivity index (χ1) is 10.5. The summed E-state index contributed by atoms with van der Waals surface area (Å²) in [7, 11) is 0.